The summed E-state index contributed by atoms with van der Waals surface area (Å²) in [5, 5.41) is 0.119. The van der Waals surface area contributed by atoms with E-state index in [1.807, 2.05) is 0 Å². The number of rotatable bonds is 11. The quantitative estimate of drug-likeness (QED) is 0.177. The number of pyridine rings is 1. The first-order valence-corrected chi connectivity index (χ1v) is 15.5. The number of benzene rings is 3. The maximum absolute atomic E-state index is 14.6. The molecule has 3 aromatic carbocycles. The molecule has 226 valence electrons. The van der Waals surface area contributed by atoms with Crippen molar-refractivity contribution in [1.82, 2.24) is 4.57 Å². The second kappa shape index (κ2) is 12.3. The van der Waals surface area contributed by atoms with Crippen molar-refractivity contribution in [2.45, 2.75) is 25.5 Å². The number of nitrogens with zero attached hydrogens (tertiary/aromatic N) is 2. The highest BCUT2D eigenvalue weighted by molar-refractivity contribution is 7.92. The summed E-state index contributed by atoms with van der Waals surface area (Å²) in [6, 6.07) is 12.2. The number of halogens is 4. The Morgan fingerprint density at radius 1 is 0.930 bits per heavy atom. The molecule has 1 fully saturated rings. The number of hydrogen-bond donors (Lipinski definition) is 0. The molecule has 0 amide bonds. The summed E-state index contributed by atoms with van der Waals surface area (Å²) in [5.41, 5.74) is 0.699. The minimum atomic E-state index is -4.09. The minimum Gasteiger partial charge on any atom is -0.493 e. The molecule has 0 radical (unpaired) electrons. The lowest BCUT2D eigenvalue weighted by atomic mass is 10.0. The molecule has 0 unspecified atom stereocenters. The molecule has 1 heterocycles. The molecule has 12 heteroatoms. The van der Waals surface area contributed by atoms with Crippen LogP contribution in [-0.2, 0) is 22.8 Å². The summed E-state index contributed by atoms with van der Waals surface area (Å²) in [6.45, 7) is 2.14. The summed E-state index contributed by atoms with van der Waals surface area (Å²) in [5.74, 6) is -2.71. The van der Waals surface area contributed by atoms with Crippen LogP contribution >= 0.6 is 11.6 Å². The van der Waals surface area contributed by atoms with Gasteiger partial charge in [0.05, 0.1) is 18.0 Å². The zero-order chi connectivity index (χ0) is 30.9. The lowest BCUT2D eigenvalue weighted by Crippen LogP contribution is -2.34. The number of sulfonamides is 1. The van der Waals surface area contributed by atoms with Gasteiger partial charge in [0.15, 0.2) is 11.6 Å². The Kier molecular flexibility index (Phi) is 8.75. The summed E-state index contributed by atoms with van der Waals surface area (Å²) in [4.78, 5) is 12.5. The van der Waals surface area contributed by atoms with Gasteiger partial charge in [-0.2, -0.15) is 0 Å². The molecule has 0 bridgehead atoms. The van der Waals surface area contributed by atoms with E-state index in [1.54, 1.807) is 13.0 Å². The van der Waals surface area contributed by atoms with Crippen molar-refractivity contribution in [3.63, 3.8) is 0 Å². The zero-order valence-electron chi connectivity index (χ0n) is 23.3. The van der Waals surface area contributed by atoms with Gasteiger partial charge in [-0.1, -0.05) is 11.6 Å². The van der Waals surface area contributed by atoms with E-state index in [2.05, 4.69) is 0 Å². The van der Waals surface area contributed by atoms with E-state index in [9.17, 15) is 26.4 Å². The topological polar surface area (TPSA) is 77.8 Å². The van der Waals surface area contributed by atoms with Crippen LogP contribution in [0.5, 0.6) is 17.2 Å². The van der Waals surface area contributed by atoms with Gasteiger partial charge in [0, 0.05) is 48.1 Å². The molecule has 0 atom stereocenters. The van der Waals surface area contributed by atoms with E-state index in [0.29, 0.717) is 17.2 Å². The normalized spacial score (nSPS) is 13.2. The van der Waals surface area contributed by atoms with Crippen LogP contribution in [0.2, 0.25) is 5.02 Å². The maximum atomic E-state index is 14.6. The predicted molar refractivity (Wildman–Crippen MR) is 159 cm³/mol. The molecule has 0 saturated heterocycles. The standard InChI is InChI=1S/C31H28ClF3N2O5S/c1-3-41-30-15-31(38)36(2)17-25(30)24-14-23(8-11-28(24)42-29-10-7-22(34)13-27(29)35)37(16-19-4-5-19)43(39,40)18-20-12-21(33)6-9-26(20)32/h6-15,17,19H,3-5,16,18H2,1-2H3. The minimum absolute atomic E-state index is 0.103. The average Bonchev–Trinajstić information content (AvgIpc) is 3.77. The van der Waals surface area contributed by atoms with Crippen molar-refractivity contribution < 1.29 is 31.1 Å². The Balaban J connectivity index is 1.66. The lowest BCUT2D eigenvalue weighted by Gasteiger charge is -2.26. The van der Waals surface area contributed by atoms with Crippen molar-refractivity contribution in [3.8, 4) is 28.4 Å². The number of aromatic nitrogens is 1. The molecule has 0 N–H and O–H groups in total. The second-order valence-corrected chi connectivity index (χ2v) is 12.6. The fourth-order valence-electron chi connectivity index (χ4n) is 4.58. The van der Waals surface area contributed by atoms with Gasteiger partial charge in [-0.25, -0.2) is 21.6 Å². The van der Waals surface area contributed by atoms with Gasteiger partial charge < -0.3 is 14.0 Å². The molecule has 1 aliphatic rings. The summed E-state index contributed by atoms with van der Waals surface area (Å²) >= 11 is 6.21. The molecule has 5 rings (SSSR count). The monoisotopic (exact) mass is 632 g/mol. The lowest BCUT2D eigenvalue weighted by molar-refractivity contribution is 0.340. The van der Waals surface area contributed by atoms with E-state index >= 15 is 0 Å². The summed E-state index contributed by atoms with van der Waals surface area (Å²) < 4.78 is 84.1. The fraction of sp³-hybridized carbons (Fsp3) is 0.258. The molecule has 1 saturated carbocycles. The number of hydrogen-bond acceptors (Lipinski definition) is 5. The highest BCUT2D eigenvalue weighted by atomic mass is 35.5. The molecule has 0 aliphatic heterocycles. The highest BCUT2D eigenvalue weighted by Crippen LogP contribution is 2.42. The zero-order valence-corrected chi connectivity index (χ0v) is 24.9. The highest BCUT2D eigenvalue weighted by Gasteiger charge is 2.32. The molecule has 1 aromatic heterocycles. The van der Waals surface area contributed by atoms with E-state index in [1.165, 1.54) is 46.4 Å². The van der Waals surface area contributed by atoms with Gasteiger partial charge in [-0.15, -0.1) is 0 Å². The Hall–Kier alpha value is -3.96. The van der Waals surface area contributed by atoms with Crippen molar-refractivity contribution in [2.75, 3.05) is 17.5 Å². The van der Waals surface area contributed by atoms with Gasteiger partial charge in [0.2, 0.25) is 10.0 Å². The van der Waals surface area contributed by atoms with Crippen LogP contribution < -0.4 is 19.3 Å². The Bertz CT molecular complexity index is 1840. The van der Waals surface area contributed by atoms with Crippen molar-refractivity contribution >= 4 is 27.3 Å². The molecule has 43 heavy (non-hydrogen) atoms. The third-order valence-electron chi connectivity index (χ3n) is 6.95. The SMILES string of the molecule is CCOc1cc(=O)n(C)cc1-c1cc(N(CC2CC2)S(=O)(=O)Cc2cc(F)ccc2Cl)ccc1Oc1ccc(F)cc1F. The maximum Gasteiger partial charge on any atom is 0.254 e. The molecule has 1 aliphatic carbocycles. The number of aryl methyl sites for hydroxylation is 1. The van der Waals surface area contributed by atoms with Crippen LogP contribution in [0, 0.1) is 23.4 Å². The van der Waals surface area contributed by atoms with Gasteiger partial charge >= 0.3 is 0 Å². The van der Waals surface area contributed by atoms with Gasteiger partial charge in [-0.3, -0.25) is 9.10 Å². The van der Waals surface area contributed by atoms with Crippen molar-refractivity contribution in [2.24, 2.45) is 13.0 Å². The van der Waals surface area contributed by atoms with Gasteiger partial charge in [0.25, 0.3) is 5.56 Å². The first-order chi connectivity index (χ1) is 20.4. The molecule has 0 spiro atoms. The molecular formula is C31H28ClF3N2O5S. The van der Waals surface area contributed by atoms with Crippen LogP contribution in [-0.4, -0.2) is 26.1 Å². The van der Waals surface area contributed by atoms with E-state index in [-0.39, 0.29) is 58.2 Å². The van der Waals surface area contributed by atoms with Crippen LogP contribution in [0.4, 0.5) is 18.9 Å². The summed E-state index contributed by atoms with van der Waals surface area (Å²) in [6.07, 6.45) is 3.20. The molecule has 7 nitrogen and oxygen atoms in total. The molecular weight excluding hydrogens is 605 g/mol. The van der Waals surface area contributed by atoms with E-state index in [0.717, 1.165) is 37.1 Å². The van der Waals surface area contributed by atoms with E-state index in [4.69, 9.17) is 21.1 Å². The van der Waals surface area contributed by atoms with Gasteiger partial charge in [-0.05, 0) is 79.8 Å². The van der Waals surface area contributed by atoms with Crippen LogP contribution in [0.3, 0.4) is 0 Å². The smallest absolute Gasteiger partial charge is 0.254 e. The number of ether oxygens (including phenoxy) is 2. The van der Waals surface area contributed by atoms with E-state index < -0.39 is 33.2 Å². The first kappa shape index (κ1) is 30.5. The Morgan fingerprint density at radius 3 is 2.33 bits per heavy atom. The Labute approximate surface area is 252 Å². The largest absolute Gasteiger partial charge is 0.493 e. The average molecular weight is 633 g/mol. The van der Waals surface area contributed by atoms with Crippen LogP contribution in [0.25, 0.3) is 11.1 Å². The number of anilines is 1. The summed E-state index contributed by atoms with van der Waals surface area (Å²) in [7, 11) is -2.55. The van der Waals surface area contributed by atoms with Crippen LogP contribution in [0.15, 0.2) is 71.7 Å². The van der Waals surface area contributed by atoms with Crippen LogP contribution in [0.1, 0.15) is 25.3 Å². The van der Waals surface area contributed by atoms with Crippen molar-refractivity contribution in [1.29, 1.82) is 0 Å². The fourth-order valence-corrected chi connectivity index (χ4v) is 6.51. The van der Waals surface area contributed by atoms with Gasteiger partial charge in [0.1, 0.15) is 23.1 Å². The molecule has 4 aromatic rings. The Morgan fingerprint density at radius 2 is 1.63 bits per heavy atom. The third kappa shape index (κ3) is 7.00. The predicted octanol–water partition coefficient (Wildman–Crippen LogP) is 7.06. The van der Waals surface area contributed by atoms with Crippen molar-refractivity contribution in [3.05, 3.63) is 105 Å². The second-order valence-electron chi connectivity index (χ2n) is 10.3. The first-order valence-electron chi connectivity index (χ1n) is 13.5. The third-order valence-corrected chi connectivity index (χ3v) is 9.02.